The third-order valence-corrected chi connectivity index (χ3v) is 4.30. The Balaban J connectivity index is 0. The van der Waals surface area contributed by atoms with E-state index in [1.807, 2.05) is 20.8 Å². The lowest BCUT2D eigenvalue weighted by Crippen LogP contribution is -2.42. The van der Waals surface area contributed by atoms with Gasteiger partial charge in [-0.2, -0.15) is 0 Å². The van der Waals surface area contributed by atoms with Crippen LogP contribution in [0.2, 0.25) is 0 Å². The first kappa shape index (κ1) is 25.7. The predicted octanol–water partition coefficient (Wildman–Crippen LogP) is 2.12. The minimum absolute atomic E-state index is 0. The molecule has 0 saturated carbocycles. The van der Waals surface area contributed by atoms with Crippen LogP contribution in [-0.4, -0.2) is 49.8 Å². The summed E-state index contributed by atoms with van der Waals surface area (Å²) in [5.41, 5.74) is 0.0585. The van der Waals surface area contributed by atoms with Crippen LogP contribution in [0.5, 0.6) is 0 Å². The van der Waals surface area contributed by atoms with E-state index in [9.17, 15) is 9.90 Å². The Labute approximate surface area is 164 Å². The molecule has 0 radical (unpaired) electrons. The van der Waals surface area contributed by atoms with Crippen molar-refractivity contribution in [1.82, 2.24) is 16.0 Å². The van der Waals surface area contributed by atoms with Crippen LogP contribution in [0, 0.1) is 11.3 Å². The average Bonchev–Trinajstić information content (AvgIpc) is 2.54. The van der Waals surface area contributed by atoms with Crippen molar-refractivity contribution < 1.29 is 9.90 Å². The topological polar surface area (TPSA) is 85.8 Å². The van der Waals surface area contributed by atoms with E-state index >= 15 is 0 Å². The molecule has 4 N–H and O–H groups in total. The van der Waals surface area contributed by atoms with Crippen LogP contribution in [0.15, 0.2) is 4.99 Å². The molecule has 7 heteroatoms. The number of carbonyl (C=O) groups is 1. The zero-order valence-electron chi connectivity index (χ0n) is 15.9. The molecular formula is C17H37IN4O2. The van der Waals surface area contributed by atoms with E-state index in [1.54, 1.807) is 0 Å². The smallest absolute Gasteiger partial charge is 0.222 e. The van der Waals surface area contributed by atoms with E-state index < -0.39 is 0 Å². The molecule has 0 aromatic rings. The largest absolute Gasteiger partial charge is 0.396 e. The fourth-order valence-electron chi connectivity index (χ4n) is 2.30. The molecule has 0 aromatic carbocycles. The van der Waals surface area contributed by atoms with Crippen LogP contribution in [0.4, 0.5) is 0 Å². The summed E-state index contributed by atoms with van der Waals surface area (Å²) >= 11 is 0. The molecule has 0 spiro atoms. The summed E-state index contributed by atoms with van der Waals surface area (Å²) < 4.78 is 0. The second-order valence-corrected chi connectivity index (χ2v) is 6.25. The molecule has 0 atom stereocenters. The Kier molecular flexibility index (Phi) is 15.8. The van der Waals surface area contributed by atoms with Crippen molar-refractivity contribution in [1.29, 1.82) is 0 Å². The second kappa shape index (κ2) is 14.7. The molecule has 0 aliphatic rings. The van der Waals surface area contributed by atoms with Crippen LogP contribution in [0.1, 0.15) is 53.9 Å². The maximum atomic E-state index is 11.5. The molecule has 0 bridgehead atoms. The molecular weight excluding hydrogens is 419 g/mol. The van der Waals surface area contributed by atoms with Crippen molar-refractivity contribution in [3.8, 4) is 0 Å². The van der Waals surface area contributed by atoms with Gasteiger partial charge in [-0.15, -0.1) is 24.0 Å². The maximum Gasteiger partial charge on any atom is 0.222 e. The third kappa shape index (κ3) is 10.3. The predicted molar refractivity (Wildman–Crippen MR) is 112 cm³/mol. The van der Waals surface area contributed by atoms with Crippen molar-refractivity contribution in [3.63, 3.8) is 0 Å². The fourth-order valence-corrected chi connectivity index (χ4v) is 2.30. The second-order valence-electron chi connectivity index (χ2n) is 6.25. The molecule has 0 aliphatic heterocycles. The normalized spacial score (nSPS) is 11.9. The summed E-state index contributed by atoms with van der Waals surface area (Å²) in [6.07, 6.45) is 2.77. The highest BCUT2D eigenvalue weighted by molar-refractivity contribution is 14.0. The summed E-state index contributed by atoms with van der Waals surface area (Å²) in [7, 11) is 0. The zero-order valence-corrected chi connectivity index (χ0v) is 18.3. The first-order valence-electron chi connectivity index (χ1n) is 8.85. The van der Waals surface area contributed by atoms with Crippen molar-refractivity contribution in [2.24, 2.45) is 16.3 Å². The van der Waals surface area contributed by atoms with Crippen LogP contribution in [-0.2, 0) is 4.79 Å². The number of aliphatic hydroxyl groups is 1. The number of nitrogens with one attached hydrogen (secondary N) is 3. The summed E-state index contributed by atoms with van der Waals surface area (Å²) in [5, 5.41) is 18.6. The van der Waals surface area contributed by atoms with Gasteiger partial charge in [-0.1, -0.05) is 27.7 Å². The third-order valence-electron chi connectivity index (χ3n) is 4.30. The van der Waals surface area contributed by atoms with E-state index in [0.29, 0.717) is 19.6 Å². The minimum Gasteiger partial charge on any atom is -0.396 e. The molecule has 0 saturated heterocycles. The van der Waals surface area contributed by atoms with Crippen molar-refractivity contribution in [2.75, 3.05) is 32.8 Å². The first-order valence-corrected chi connectivity index (χ1v) is 8.85. The van der Waals surface area contributed by atoms with Crippen molar-refractivity contribution in [2.45, 2.75) is 53.9 Å². The van der Waals surface area contributed by atoms with E-state index in [4.69, 9.17) is 0 Å². The highest BCUT2D eigenvalue weighted by Crippen LogP contribution is 2.30. The molecule has 24 heavy (non-hydrogen) atoms. The van der Waals surface area contributed by atoms with Crippen molar-refractivity contribution >= 4 is 35.8 Å². The number of carbonyl (C=O) groups excluding carboxylic acids is 1. The number of guanidine groups is 1. The number of halogens is 1. The van der Waals surface area contributed by atoms with E-state index in [1.165, 1.54) is 0 Å². The number of aliphatic hydroxyl groups excluding tert-OH is 1. The zero-order chi connectivity index (χ0) is 17.7. The van der Waals surface area contributed by atoms with Crippen LogP contribution < -0.4 is 16.0 Å². The fraction of sp³-hybridized carbons (Fsp3) is 0.882. The molecule has 144 valence electrons. The van der Waals surface area contributed by atoms with Gasteiger partial charge in [0, 0.05) is 38.7 Å². The number of hydrogen-bond acceptors (Lipinski definition) is 3. The van der Waals surface area contributed by atoms with Crippen LogP contribution in [0.25, 0.3) is 0 Å². The van der Waals surface area contributed by atoms with Gasteiger partial charge in [0.15, 0.2) is 5.96 Å². The molecule has 0 heterocycles. The summed E-state index contributed by atoms with van der Waals surface area (Å²) in [6.45, 7) is 13.0. The van der Waals surface area contributed by atoms with Crippen LogP contribution >= 0.6 is 24.0 Å². The van der Waals surface area contributed by atoms with Crippen LogP contribution in [0.3, 0.4) is 0 Å². The monoisotopic (exact) mass is 456 g/mol. The Morgan fingerprint density at radius 3 is 2.12 bits per heavy atom. The lowest BCUT2D eigenvalue weighted by molar-refractivity contribution is -0.123. The highest BCUT2D eigenvalue weighted by Gasteiger charge is 2.25. The number of rotatable bonds is 11. The Morgan fingerprint density at radius 2 is 1.67 bits per heavy atom. The van der Waals surface area contributed by atoms with Gasteiger partial charge in [0.1, 0.15) is 0 Å². The van der Waals surface area contributed by atoms with Gasteiger partial charge in [-0.25, -0.2) is 0 Å². The van der Waals surface area contributed by atoms with Gasteiger partial charge in [0.25, 0.3) is 0 Å². The highest BCUT2D eigenvalue weighted by atomic mass is 127. The van der Waals surface area contributed by atoms with Gasteiger partial charge in [0.05, 0.1) is 0 Å². The summed E-state index contributed by atoms with van der Waals surface area (Å²) in [6, 6.07) is 0. The molecule has 0 aromatic heterocycles. The van der Waals surface area contributed by atoms with Crippen molar-refractivity contribution in [3.05, 3.63) is 0 Å². The molecule has 1 amide bonds. The quantitative estimate of drug-likeness (QED) is 0.166. The Morgan fingerprint density at radius 1 is 1.08 bits per heavy atom. The molecule has 0 aliphatic carbocycles. The number of hydrogen-bond donors (Lipinski definition) is 4. The molecule has 0 fully saturated rings. The number of amides is 1. The standard InChI is InChI=1S/C17H36N4O2.HI/c1-6-17(7-2,9-12-22)13-21-16(18-8-3)20-11-10-19-15(23)14(4)5;/h14,22H,6-13H2,1-5H3,(H,19,23)(H2,18,20,21);1H. The average molecular weight is 456 g/mol. The molecule has 6 nitrogen and oxygen atoms in total. The van der Waals surface area contributed by atoms with Gasteiger partial charge in [-0.3, -0.25) is 9.79 Å². The van der Waals surface area contributed by atoms with E-state index in [-0.39, 0.29) is 47.8 Å². The van der Waals surface area contributed by atoms with E-state index in [2.05, 4.69) is 34.8 Å². The number of aliphatic imine (C=N–C) groups is 1. The van der Waals surface area contributed by atoms with Gasteiger partial charge in [0.2, 0.25) is 5.91 Å². The lowest BCUT2D eigenvalue weighted by atomic mass is 9.79. The van der Waals surface area contributed by atoms with Gasteiger partial charge in [-0.05, 0) is 31.6 Å². The van der Waals surface area contributed by atoms with E-state index in [0.717, 1.165) is 31.8 Å². The summed E-state index contributed by atoms with van der Waals surface area (Å²) in [4.78, 5) is 16.2. The summed E-state index contributed by atoms with van der Waals surface area (Å²) in [5.74, 6) is 0.827. The lowest BCUT2D eigenvalue weighted by Gasteiger charge is -2.29. The van der Waals surface area contributed by atoms with Gasteiger partial charge >= 0.3 is 0 Å². The minimum atomic E-state index is 0. The SMILES string of the molecule is CCNC(=NCC(CC)(CC)CCO)NCCNC(=O)C(C)C.I. The number of nitrogens with zero attached hydrogens (tertiary/aromatic N) is 1. The first-order chi connectivity index (χ1) is 10.9. The molecule has 0 unspecified atom stereocenters. The Hall–Kier alpha value is -0.570. The molecule has 0 rings (SSSR count). The Bertz CT molecular complexity index is 358. The maximum absolute atomic E-state index is 11.5. The van der Waals surface area contributed by atoms with Gasteiger partial charge < -0.3 is 21.1 Å².